The van der Waals surface area contributed by atoms with Crippen molar-refractivity contribution >= 4 is 17.4 Å². The smallest absolute Gasteiger partial charge is 0.146 e. The molecule has 1 aliphatic rings. The van der Waals surface area contributed by atoms with Crippen LogP contribution in [0.5, 0.6) is 5.75 Å². The third-order valence-corrected chi connectivity index (χ3v) is 4.12. The lowest BCUT2D eigenvalue weighted by Crippen LogP contribution is -2.54. The molecule has 0 radical (unpaired) electrons. The Balaban J connectivity index is 2.17. The summed E-state index contributed by atoms with van der Waals surface area (Å²) in [5, 5.41) is 0.605. The average molecular weight is 253 g/mol. The van der Waals surface area contributed by atoms with E-state index in [4.69, 9.17) is 16.3 Å². The molecule has 0 heterocycles. The first-order valence-electron chi connectivity index (χ1n) is 5.93. The zero-order valence-corrected chi connectivity index (χ0v) is 11.2. The first-order chi connectivity index (χ1) is 7.97. The van der Waals surface area contributed by atoms with Gasteiger partial charge in [0.1, 0.15) is 17.6 Å². The first-order valence-corrected chi connectivity index (χ1v) is 6.31. The zero-order valence-electron chi connectivity index (χ0n) is 10.4. The van der Waals surface area contributed by atoms with Crippen molar-refractivity contribution in [2.75, 3.05) is 0 Å². The molecule has 0 aromatic heterocycles. The normalized spacial score (nSPS) is 27.8. The molecule has 2 nitrogen and oxygen atoms in total. The van der Waals surface area contributed by atoms with E-state index in [1.165, 1.54) is 0 Å². The maximum absolute atomic E-state index is 11.6. The van der Waals surface area contributed by atoms with Crippen molar-refractivity contribution in [2.24, 2.45) is 5.41 Å². The molecule has 0 aliphatic heterocycles. The summed E-state index contributed by atoms with van der Waals surface area (Å²) < 4.78 is 5.89. The molecule has 1 fully saturated rings. The van der Waals surface area contributed by atoms with E-state index < -0.39 is 0 Å². The molecule has 0 spiro atoms. The first kappa shape index (κ1) is 12.4. The van der Waals surface area contributed by atoms with Gasteiger partial charge in [-0.05, 0) is 38.0 Å². The van der Waals surface area contributed by atoms with Gasteiger partial charge in [-0.25, -0.2) is 0 Å². The lowest BCUT2D eigenvalue weighted by atomic mass is 9.64. The molecule has 1 saturated carbocycles. The Hall–Kier alpha value is -1.02. The summed E-state index contributed by atoms with van der Waals surface area (Å²) in [5.74, 6) is 0.970. The number of carbonyl (C=O) groups is 1. The van der Waals surface area contributed by atoms with Crippen LogP contribution in [-0.4, -0.2) is 11.9 Å². The molecule has 2 atom stereocenters. The summed E-state index contributed by atoms with van der Waals surface area (Å²) in [4.78, 5) is 11.6. The largest absolute Gasteiger partial charge is 0.487 e. The van der Waals surface area contributed by atoms with Crippen LogP contribution in [0.25, 0.3) is 0 Å². The quantitative estimate of drug-likeness (QED) is 0.818. The van der Waals surface area contributed by atoms with Crippen LogP contribution in [0.3, 0.4) is 0 Å². The number of halogens is 1. The van der Waals surface area contributed by atoms with Gasteiger partial charge in [0, 0.05) is 6.42 Å². The Labute approximate surface area is 107 Å². The minimum absolute atomic E-state index is 0.0423. The van der Waals surface area contributed by atoms with E-state index in [2.05, 4.69) is 0 Å². The Morgan fingerprint density at radius 2 is 2.24 bits per heavy atom. The topological polar surface area (TPSA) is 26.3 Å². The van der Waals surface area contributed by atoms with Crippen molar-refractivity contribution < 1.29 is 9.53 Å². The van der Waals surface area contributed by atoms with Gasteiger partial charge in [0.25, 0.3) is 0 Å². The minimum atomic E-state index is -0.340. The van der Waals surface area contributed by atoms with Gasteiger partial charge in [-0.1, -0.05) is 24.6 Å². The van der Waals surface area contributed by atoms with Crippen molar-refractivity contribution in [1.29, 1.82) is 0 Å². The summed E-state index contributed by atoms with van der Waals surface area (Å²) in [6.45, 7) is 5.98. The van der Waals surface area contributed by atoms with Crippen LogP contribution in [0.4, 0.5) is 0 Å². The van der Waals surface area contributed by atoms with Gasteiger partial charge in [0.05, 0.1) is 10.4 Å². The van der Waals surface area contributed by atoms with Crippen LogP contribution in [0, 0.1) is 12.3 Å². The summed E-state index contributed by atoms with van der Waals surface area (Å²) in [5.41, 5.74) is 0.765. The number of ether oxygens (including phenoxy) is 1. The number of hydrogen-bond donors (Lipinski definition) is 0. The second-order valence-corrected chi connectivity index (χ2v) is 5.35. The Bertz CT molecular complexity index is 456. The van der Waals surface area contributed by atoms with Crippen LogP contribution < -0.4 is 4.74 Å². The molecule has 2 rings (SSSR count). The number of rotatable bonds is 3. The maximum atomic E-state index is 11.6. The van der Waals surface area contributed by atoms with E-state index in [0.29, 0.717) is 17.2 Å². The predicted molar refractivity (Wildman–Crippen MR) is 68.6 cm³/mol. The van der Waals surface area contributed by atoms with Crippen molar-refractivity contribution in [3.63, 3.8) is 0 Å². The molecule has 0 saturated heterocycles. The number of aryl methyl sites for hydroxylation is 1. The van der Waals surface area contributed by atoms with Gasteiger partial charge >= 0.3 is 0 Å². The summed E-state index contributed by atoms with van der Waals surface area (Å²) >= 11 is 6.08. The molecule has 3 heteroatoms. The third kappa shape index (κ3) is 2.06. The van der Waals surface area contributed by atoms with E-state index >= 15 is 0 Å². The molecule has 1 aromatic rings. The van der Waals surface area contributed by atoms with Crippen LogP contribution in [0.2, 0.25) is 5.02 Å². The highest BCUT2D eigenvalue weighted by molar-refractivity contribution is 6.32. The van der Waals surface area contributed by atoms with Crippen molar-refractivity contribution in [1.82, 2.24) is 0 Å². The molecule has 0 bridgehead atoms. The fourth-order valence-corrected chi connectivity index (χ4v) is 2.29. The molecular formula is C14H17ClO2. The van der Waals surface area contributed by atoms with E-state index in [1.807, 2.05) is 39.0 Å². The Morgan fingerprint density at radius 1 is 1.53 bits per heavy atom. The second-order valence-electron chi connectivity index (χ2n) is 4.94. The average Bonchev–Trinajstić information content (AvgIpc) is 2.32. The number of benzene rings is 1. The predicted octanol–water partition coefficient (Wildman–Crippen LogP) is 3.78. The van der Waals surface area contributed by atoms with Crippen molar-refractivity contribution in [2.45, 2.75) is 39.7 Å². The van der Waals surface area contributed by atoms with Crippen LogP contribution in [0.1, 0.15) is 32.3 Å². The minimum Gasteiger partial charge on any atom is -0.487 e. The fraction of sp³-hybridized carbons (Fsp3) is 0.500. The molecule has 0 amide bonds. The van der Waals surface area contributed by atoms with Crippen molar-refractivity contribution in [3.8, 4) is 5.75 Å². The molecule has 0 N–H and O–H groups in total. The molecular weight excluding hydrogens is 236 g/mol. The van der Waals surface area contributed by atoms with Gasteiger partial charge in [-0.2, -0.15) is 0 Å². The van der Waals surface area contributed by atoms with Gasteiger partial charge in [-0.15, -0.1) is 0 Å². The SMILES string of the molecule is CCC1(C)C(=O)CC1Oc1cc(C)ccc1Cl. The van der Waals surface area contributed by atoms with Crippen LogP contribution >= 0.6 is 11.6 Å². The number of Topliss-reactive ketones (excluding diaryl/α,β-unsaturated/α-hetero) is 1. The number of carbonyl (C=O) groups excluding carboxylic acids is 1. The number of hydrogen-bond acceptors (Lipinski definition) is 2. The standard InChI is InChI=1S/C14H17ClO2/c1-4-14(3)12(16)8-13(14)17-11-7-9(2)5-6-10(11)15/h5-7,13H,4,8H2,1-3H3. The summed E-state index contributed by atoms with van der Waals surface area (Å²) in [6, 6.07) is 5.69. The lowest BCUT2D eigenvalue weighted by Gasteiger charge is -2.44. The molecule has 2 unspecified atom stereocenters. The Kier molecular flexibility index (Phi) is 3.17. The van der Waals surface area contributed by atoms with Gasteiger partial charge in [0.15, 0.2) is 0 Å². The molecule has 1 aliphatic carbocycles. The summed E-state index contributed by atoms with van der Waals surface area (Å²) in [6.07, 6.45) is 1.26. The van der Waals surface area contributed by atoms with Gasteiger partial charge < -0.3 is 4.74 Å². The second kappa shape index (κ2) is 4.34. The molecule has 1 aromatic carbocycles. The Morgan fingerprint density at radius 3 is 2.82 bits per heavy atom. The highest BCUT2D eigenvalue weighted by Gasteiger charge is 2.51. The highest BCUT2D eigenvalue weighted by atomic mass is 35.5. The highest BCUT2D eigenvalue weighted by Crippen LogP contribution is 2.43. The maximum Gasteiger partial charge on any atom is 0.146 e. The van der Waals surface area contributed by atoms with Crippen molar-refractivity contribution in [3.05, 3.63) is 28.8 Å². The third-order valence-electron chi connectivity index (χ3n) is 3.81. The summed E-state index contributed by atoms with van der Waals surface area (Å²) in [7, 11) is 0. The van der Waals surface area contributed by atoms with E-state index in [1.54, 1.807) is 0 Å². The fourth-order valence-electron chi connectivity index (χ4n) is 2.13. The van der Waals surface area contributed by atoms with Crippen LogP contribution in [0.15, 0.2) is 18.2 Å². The molecule has 92 valence electrons. The van der Waals surface area contributed by atoms with E-state index in [0.717, 1.165) is 12.0 Å². The monoisotopic (exact) mass is 252 g/mol. The van der Waals surface area contributed by atoms with Gasteiger partial charge in [0.2, 0.25) is 0 Å². The number of ketones is 1. The van der Waals surface area contributed by atoms with Crippen LogP contribution in [-0.2, 0) is 4.79 Å². The zero-order chi connectivity index (χ0) is 12.6. The van der Waals surface area contributed by atoms with E-state index in [9.17, 15) is 4.79 Å². The van der Waals surface area contributed by atoms with E-state index in [-0.39, 0.29) is 17.3 Å². The van der Waals surface area contributed by atoms with Gasteiger partial charge in [-0.3, -0.25) is 4.79 Å². The molecule has 17 heavy (non-hydrogen) atoms. The lowest BCUT2D eigenvalue weighted by molar-refractivity contribution is -0.150.